The number of benzene rings is 1. The van der Waals surface area contributed by atoms with Crippen LogP contribution in [-0.2, 0) is 20.9 Å². The van der Waals surface area contributed by atoms with Crippen molar-refractivity contribution in [1.29, 1.82) is 0 Å². The molecular weight excluding hydrogens is 220 g/mol. The maximum absolute atomic E-state index is 11.3. The van der Waals surface area contributed by atoms with Gasteiger partial charge in [-0.1, -0.05) is 30.3 Å². The van der Waals surface area contributed by atoms with E-state index in [-0.39, 0.29) is 13.0 Å². The summed E-state index contributed by atoms with van der Waals surface area (Å²) in [5.41, 5.74) is 9.80. The fraction of sp³-hybridized carbons (Fsp3) is 0.333. The molecule has 1 rings (SSSR count). The number of carbonyl (C=O) groups excluding carboxylic acids is 2. The Kier molecular flexibility index (Phi) is 4.23. The van der Waals surface area contributed by atoms with Crippen molar-refractivity contribution in [3.8, 4) is 0 Å². The van der Waals surface area contributed by atoms with Gasteiger partial charge >= 0.3 is 0 Å². The summed E-state index contributed by atoms with van der Waals surface area (Å²) in [7, 11) is 0. The van der Waals surface area contributed by atoms with Gasteiger partial charge in [-0.2, -0.15) is 0 Å². The Morgan fingerprint density at radius 2 is 1.82 bits per heavy atom. The Morgan fingerprint density at radius 1 is 1.24 bits per heavy atom. The maximum atomic E-state index is 11.3. The molecule has 1 aromatic rings. The van der Waals surface area contributed by atoms with Gasteiger partial charge in [0.05, 0.1) is 13.0 Å². The van der Waals surface area contributed by atoms with Gasteiger partial charge in [0.25, 0.3) is 0 Å². The highest BCUT2D eigenvalue weighted by Crippen LogP contribution is 2.17. The molecule has 1 aromatic carbocycles. The zero-order valence-electron chi connectivity index (χ0n) is 9.68. The van der Waals surface area contributed by atoms with Gasteiger partial charge in [-0.3, -0.25) is 9.59 Å². The predicted molar refractivity (Wildman–Crippen MR) is 62.6 cm³/mol. The van der Waals surface area contributed by atoms with Crippen LogP contribution in [-0.4, -0.2) is 17.4 Å². The smallest absolute Gasteiger partial charge is 0.249 e. The second-order valence-electron chi connectivity index (χ2n) is 4.01. The SMILES string of the molecule is C[C@](CC(N)=O)(OCc1ccccc1)C(N)=O. The van der Waals surface area contributed by atoms with E-state index in [1.165, 1.54) is 6.92 Å². The molecular formula is C12H16N2O3. The fourth-order valence-corrected chi connectivity index (χ4v) is 1.36. The van der Waals surface area contributed by atoms with Crippen LogP contribution in [0.4, 0.5) is 0 Å². The summed E-state index contributed by atoms with van der Waals surface area (Å²) >= 11 is 0. The molecule has 0 saturated heterocycles. The molecule has 5 heteroatoms. The number of nitrogens with two attached hydrogens (primary N) is 2. The molecule has 0 bridgehead atoms. The van der Waals surface area contributed by atoms with Gasteiger partial charge in [-0.15, -0.1) is 0 Å². The number of hydrogen-bond acceptors (Lipinski definition) is 3. The number of hydrogen-bond donors (Lipinski definition) is 2. The lowest BCUT2D eigenvalue weighted by molar-refractivity contribution is -0.148. The summed E-state index contributed by atoms with van der Waals surface area (Å²) in [6.07, 6.45) is -0.227. The molecule has 0 aromatic heterocycles. The van der Waals surface area contributed by atoms with Crippen LogP contribution < -0.4 is 11.5 Å². The van der Waals surface area contributed by atoms with Crippen molar-refractivity contribution in [3.05, 3.63) is 35.9 Å². The highest BCUT2D eigenvalue weighted by molar-refractivity contribution is 5.89. The van der Waals surface area contributed by atoms with Gasteiger partial charge in [0.2, 0.25) is 11.8 Å². The molecule has 4 N–H and O–H groups in total. The highest BCUT2D eigenvalue weighted by Gasteiger charge is 2.34. The van der Waals surface area contributed by atoms with Gasteiger partial charge in [0.15, 0.2) is 5.60 Å². The van der Waals surface area contributed by atoms with E-state index in [2.05, 4.69) is 0 Å². The summed E-state index contributed by atoms with van der Waals surface area (Å²) in [4.78, 5) is 22.1. The minimum atomic E-state index is -1.36. The first-order valence-corrected chi connectivity index (χ1v) is 5.20. The monoisotopic (exact) mass is 236 g/mol. The second kappa shape index (κ2) is 5.45. The molecule has 17 heavy (non-hydrogen) atoms. The second-order valence-corrected chi connectivity index (χ2v) is 4.01. The molecule has 92 valence electrons. The fourth-order valence-electron chi connectivity index (χ4n) is 1.36. The third kappa shape index (κ3) is 3.88. The van der Waals surface area contributed by atoms with Crippen molar-refractivity contribution in [3.63, 3.8) is 0 Å². The molecule has 0 aliphatic carbocycles. The van der Waals surface area contributed by atoms with Crippen molar-refractivity contribution in [2.45, 2.75) is 25.6 Å². The molecule has 0 heterocycles. The summed E-state index contributed by atoms with van der Waals surface area (Å²) in [5.74, 6) is -1.33. The number of carbonyl (C=O) groups is 2. The predicted octanol–water partition coefficient (Wildman–Crippen LogP) is 0.323. The quantitative estimate of drug-likeness (QED) is 0.744. The topological polar surface area (TPSA) is 95.4 Å². The molecule has 5 nitrogen and oxygen atoms in total. The van der Waals surface area contributed by atoms with Crippen molar-refractivity contribution in [2.75, 3.05) is 0 Å². The van der Waals surface area contributed by atoms with E-state index in [1.54, 1.807) is 0 Å². The van der Waals surface area contributed by atoms with Crippen LogP contribution in [0, 0.1) is 0 Å². The first kappa shape index (κ1) is 13.2. The number of amides is 2. The van der Waals surface area contributed by atoms with Crippen molar-refractivity contribution in [1.82, 2.24) is 0 Å². The van der Waals surface area contributed by atoms with Gasteiger partial charge < -0.3 is 16.2 Å². The molecule has 1 atom stereocenters. The van der Waals surface area contributed by atoms with Gasteiger partial charge in [0, 0.05) is 0 Å². The minimum Gasteiger partial charge on any atom is -0.370 e. The van der Waals surface area contributed by atoms with Crippen molar-refractivity contribution >= 4 is 11.8 Å². The molecule has 0 radical (unpaired) electrons. The molecule has 0 saturated carbocycles. The summed E-state index contributed by atoms with van der Waals surface area (Å²) < 4.78 is 5.41. The van der Waals surface area contributed by atoms with E-state index in [0.717, 1.165) is 5.56 Å². The maximum Gasteiger partial charge on any atom is 0.249 e. The van der Waals surface area contributed by atoms with Crippen LogP contribution in [0.5, 0.6) is 0 Å². The van der Waals surface area contributed by atoms with Gasteiger partial charge in [0.1, 0.15) is 0 Å². The average molecular weight is 236 g/mol. The summed E-state index contributed by atoms with van der Waals surface area (Å²) in [6, 6.07) is 9.29. The van der Waals surface area contributed by atoms with E-state index >= 15 is 0 Å². The Bertz CT molecular complexity index is 405. The first-order valence-electron chi connectivity index (χ1n) is 5.20. The van der Waals surface area contributed by atoms with E-state index in [1.807, 2.05) is 30.3 Å². The summed E-state index contributed by atoms with van der Waals surface area (Å²) in [6.45, 7) is 1.66. The molecule has 0 unspecified atom stereocenters. The van der Waals surface area contributed by atoms with Crippen LogP contribution in [0.25, 0.3) is 0 Å². The van der Waals surface area contributed by atoms with Gasteiger partial charge in [-0.25, -0.2) is 0 Å². The number of primary amides is 2. The van der Waals surface area contributed by atoms with Gasteiger partial charge in [-0.05, 0) is 12.5 Å². The Balaban J connectivity index is 2.68. The van der Waals surface area contributed by atoms with E-state index in [9.17, 15) is 9.59 Å². The van der Waals surface area contributed by atoms with E-state index in [0.29, 0.717) is 0 Å². The van der Waals surface area contributed by atoms with Crippen LogP contribution in [0.1, 0.15) is 18.9 Å². The lowest BCUT2D eigenvalue weighted by Crippen LogP contribution is -2.46. The Hall–Kier alpha value is -1.88. The molecule has 0 aliphatic heterocycles. The molecule has 2 amide bonds. The lowest BCUT2D eigenvalue weighted by Gasteiger charge is -2.25. The molecule has 0 spiro atoms. The third-order valence-electron chi connectivity index (χ3n) is 2.43. The average Bonchev–Trinajstić information content (AvgIpc) is 2.27. The van der Waals surface area contributed by atoms with Crippen molar-refractivity contribution in [2.24, 2.45) is 11.5 Å². The number of ether oxygens (including phenoxy) is 1. The zero-order chi connectivity index (χ0) is 12.9. The van der Waals surface area contributed by atoms with E-state index in [4.69, 9.17) is 16.2 Å². The highest BCUT2D eigenvalue weighted by atomic mass is 16.5. The third-order valence-corrected chi connectivity index (χ3v) is 2.43. The molecule has 0 aliphatic rings. The Morgan fingerprint density at radius 3 is 2.29 bits per heavy atom. The lowest BCUT2D eigenvalue weighted by atomic mass is 10.0. The molecule has 0 fully saturated rings. The zero-order valence-corrected chi connectivity index (χ0v) is 9.68. The normalized spacial score (nSPS) is 13.9. The summed E-state index contributed by atoms with van der Waals surface area (Å²) in [5, 5.41) is 0. The Labute approximate surface area is 99.7 Å². The van der Waals surface area contributed by atoms with Crippen LogP contribution in [0.3, 0.4) is 0 Å². The standard InChI is InChI=1S/C12H16N2O3/c1-12(11(14)16,7-10(13)15)17-8-9-5-3-2-4-6-9/h2-6H,7-8H2,1H3,(H2,13,15)(H2,14,16)/t12-/m1/s1. The minimum absolute atomic E-state index is 0.202. The van der Waals surface area contributed by atoms with Crippen LogP contribution in [0.15, 0.2) is 30.3 Å². The number of rotatable bonds is 6. The first-order chi connectivity index (χ1) is 7.94. The van der Waals surface area contributed by atoms with Crippen LogP contribution in [0.2, 0.25) is 0 Å². The van der Waals surface area contributed by atoms with Crippen molar-refractivity contribution < 1.29 is 14.3 Å². The van der Waals surface area contributed by atoms with Crippen LogP contribution >= 0.6 is 0 Å². The largest absolute Gasteiger partial charge is 0.370 e. The van der Waals surface area contributed by atoms with E-state index < -0.39 is 17.4 Å².